The van der Waals surface area contributed by atoms with Crippen LogP contribution in [0.25, 0.3) is 45.5 Å². The van der Waals surface area contributed by atoms with E-state index in [-0.39, 0.29) is 11.6 Å². The maximum Gasteiger partial charge on any atom is 0.128 e. The summed E-state index contributed by atoms with van der Waals surface area (Å²) < 4.78 is 45.3. The average molecular weight is 1350 g/mol. The van der Waals surface area contributed by atoms with Gasteiger partial charge < -0.3 is 19.3 Å². The van der Waals surface area contributed by atoms with Gasteiger partial charge in [-0.25, -0.2) is 8.78 Å². The zero-order valence-corrected chi connectivity index (χ0v) is 59.3. The Morgan fingerprint density at radius 1 is 0.308 bits per heavy atom. The molecule has 0 heterocycles. The lowest BCUT2D eigenvalue weighted by Gasteiger charge is -2.36. The van der Waals surface area contributed by atoms with Crippen molar-refractivity contribution in [3.63, 3.8) is 0 Å². The second-order valence-corrected chi connectivity index (χ2v) is 27.8. The van der Waals surface area contributed by atoms with Gasteiger partial charge in [0.1, 0.15) is 36.3 Å². The highest BCUT2D eigenvalue weighted by Crippen LogP contribution is 2.60. The third-order valence-corrected chi connectivity index (χ3v) is 21.4. The number of ether oxygens (including phenoxy) is 2. The first-order chi connectivity index (χ1) is 50.7. The molecule has 0 spiro atoms. The molecule has 2 aliphatic rings. The fourth-order valence-electron chi connectivity index (χ4n) is 16.0. The summed E-state index contributed by atoms with van der Waals surface area (Å²) in [7, 11) is 0. The van der Waals surface area contributed by atoms with Gasteiger partial charge in [0.25, 0.3) is 0 Å². The van der Waals surface area contributed by atoms with Crippen LogP contribution >= 0.6 is 0 Å². The Balaban J connectivity index is 0.772. The van der Waals surface area contributed by atoms with Gasteiger partial charge in [-0.2, -0.15) is 0 Å². The molecule has 0 bridgehead atoms. The molecule has 0 aromatic heterocycles. The van der Waals surface area contributed by atoms with Gasteiger partial charge in [-0.05, 0) is 261 Å². The largest absolute Gasteiger partial charge is 0.489 e. The maximum absolute atomic E-state index is 16.2. The van der Waals surface area contributed by atoms with Gasteiger partial charge in [0.15, 0.2) is 0 Å². The van der Waals surface area contributed by atoms with Crippen LogP contribution in [0, 0.1) is 53.2 Å². The van der Waals surface area contributed by atoms with Crippen LogP contribution in [0.2, 0.25) is 0 Å². The van der Waals surface area contributed by atoms with Gasteiger partial charge in [-0.1, -0.05) is 243 Å². The highest BCUT2D eigenvalue weighted by molar-refractivity contribution is 5.92. The van der Waals surface area contributed by atoms with Crippen molar-refractivity contribution in [3.05, 3.63) is 428 Å². The van der Waals surface area contributed by atoms with Crippen molar-refractivity contribution < 1.29 is 18.3 Å². The van der Waals surface area contributed by atoms with Gasteiger partial charge in [0.05, 0.1) is 10.8 Å². The third-order valence-electron chi connectivity index (χ3n) is 21.4. The number of fused-ring (bicyclic) bond motifs is 6. The quantitative estimate of drug-likeness (QED) is 0.0806. The van der Waals surface area contributed by atoms with Crippen LogP contribution in [0.3, 0.4) is 0 Å². The first-order valence-corrected chi connectivity index (χ1v) is 35.6. The molecular formula is C98H78F2N2O2. The molecule has 0 N–H and O–H groups in total. The smallest absolute Gasteiger partial charge is 0.128 e. The molecule has 4 nitrogen and oxygen atoms in total. The number of halogens is 2. The number of anilines is 6. The van der Waals surface area contributed by atoms with Crippen LogP contribution in [-0.4, -0.2) is 0 Å². The number of rotatable bonds is 19. The number of hydrogen-bond donors (Lipinski definition) is 0. The van der Waals surface area contributed by atoms with Crippen molar-refractivity contribution in [1.29, 1.82) is 0 Å². The zero-order valence-electron chi connectivity index (χ0n) is 59.3. The van der Waals surface area contributed by atoms with E-state index in [9.17, 15) is 0 Å². The molecule has 0 saturated carbocycles. The molecule has 14 aromatic carbocycles. The van der Waals surface area contributed by atoms with Crippen molar-refractivity contribution in [3.8, 4) is 44.9 Å². The molecule has 2 unspecified atom stereocenters. The van der Waals surface area contributed by atoms with Crippen molar-refractivity contribution in [1.82, 2.24) is 0 Å². The number of benzene rings is 14. The topological polar surface area (TPSA) is 24.9 Å². The molecule has 0 radical (unpaired) electrons. The fraction of sp³-hybridized carbons (Fsp3) is 0.102. The van der Waals surface area contributed by atoms with Crippen molar-refractivity contribution in [2.24, 2.45) is 0 Å². The summed E-state index contributed by atoms with van der Waals surface area (Å²) in [5.74, 6) is 0.977. The average Bonchev–Trinajstić information content (AvgIpc) is 1.54. The van der Waals surface area contributed by atoms with E-state index in [0.29, 0.717) is 35.7 Å². The zero-order chi connectivity index (χ0) is 71.4. The first-order valence-electron chi connectivity index (χ1n) is 35.6. The summed E-state index contributed by atoms with van der Waals surface area (Å²) in [5.41, 5.74) is 29.3. The molecule has 6 heteroatoms. The summed E-state index contributed by atoms with van der Waals surface area (Å²) in [6, 6.07) is 107. The molecule has 16 rings (SSSR count). The SMILES string of the molecule is C=Cc1ccc(COc2ccc(C3(c4cc(C)ccc4C)c4ccccc4-c4ccc(N(c5ccc(-c6ccc(N(c7ccc(C)c(F)c7)c7ccc8c(c7)C(c7ccc(OCc9ccc(C=C)cc9)cc7)(c7cc(C)ccc7C)c7ccccc7-8)cc6)cc5)c5ccc(C)c(F)c5)cc43)cc2)cc1. The van der Waals surface area contributed by atoms with Crippen molar-refractivity contribution in [2.45, 2.75) is 65.6 Å². The van der Waals surface area contributed by atoms with Gasteiger partial charge in [0.2, 0.25) is 0 Å². The summed E-state index contributed by atoms with van der Waals surface area (Å²) in [5, 5.41) is 0. The van der Waals surface area contributed by atoms with E-state index < -0.39 is 10.8 Å². The number of hydrogen-bond acceptors (Lipinski definition) is 4. The molecule has 0 aliphatic heterocycles. The number of nitrogens with zero attached hydrogens (tertiary/aromatic N) is 2. The maximum atomic E-state index is 16.2. The van der Waals surface area contributed by atoms with Crippen LogP contribution in [-0.2, 0) is 24.0 Å². The Hall–Kier alpha value is -12.4. The summed E-state index contributed by atoms with van der Waals surface area (Å²) >= 11 is 0. The van der Waals surface area contributed by atoms with Crippen LogP contribution < -0.4 is 19.3 Å². The second kappa shape index (κ2) is 27.2. The first kappa shape index (κ1) is 66.2. The molecule has 2 aliphatic carbocycles. The van der Waals surface area contributed by atoms with Crippen LogP contribution in [0.4, 0.5) is 42.9 Å². The predicted octanol–water partition coefficient (Wildman–Crippen LogP) is 25.6. The molecule has 104 heavy (non-hydrogen) atoms. The molecule has 0 fully saturated rings. The predicted molar refractivity (Wildman–Crippen MR) is 426 cm³/mol. The molecule has 0 amide bonds. The van der Waals surface area contributed by atoms with Crippen LogP contribution in [0.15, 0.2) is 316 Å². The molecule has 0 saturated heterocycles. The normalized spacial score (nSPS) is 14.6. The van der Waals surface area contributed by atoms with Gasteiger partial charge >= 0.3 is 0 Å². The van der Waals surface area contributed by atoms with Crippen molar-refractivity contribution in [2.75, 3.05) is 9.80 Å². The van der Waals surface area contributed by atoms with E-state index >= 15 is 8.78 Å². The number of aryl methyl sites for hydroxylation is 6. The summed E-state index contributed by atoms with van der Waals surface area (Å²) in [6.07, 6.45) is 3.69. The Labute approximate surface area is 609 Å². The van der Waals surface area contributed by atoms with Gasteiger partial charge in [-0.3, -0.25) is 0 Å². The monoisotopic (exact) mass is 1350 g/mol. The second-order valence-electron chi connectivity index (χ2n) is 27.8. The Kier molecular flexibility index (Phi) is 17.3. The van der Waals surface area contributed by atoms with Gasteiger partial charge in [-0.15, -0.1) is 0 Å². The minimum atomic E-state index is -0.748. The van der Waals surface area contributed by atoms with E-state index in [1.165, 1.54) is 33.4 Å². The van der Waals surface area contributed by atoms with E-state index in [4.69, 9.17) is 9.47 Å². The lowest BCUT2D eigenvalue weighted by molar-refractivity contribution is 0.306. The van der Waals surface area contributed by atoms with E-state index in [2.05, 4.69) is 318 Å². The van der Waals surface area contributed by atoms with E-state index in [1.807, 2.05) is 36.4 Å². The van der Waals surface area contributed by atoms with Crippen molar-refractivity contribution >= 4 is 46.3 Å². The highest BCUT2D eigenvalue weighted by atomic mass is 19.1. The van der Waals surface area contributed by atoms with Crippen LogP contribution in [0.5, 0.6) is 11.5 Å². The Morgan fingerprint density at radius 3 is 1.02 bits per heavy atom. The standard InChI is InChI=1S/C98H78F2N2O2/c1-9-69-25-29-71(30-26-69)61-103-83-49-37-75(38-50-83)97(91-55-63(3)19-21-65(91)5)89-17-13-11-15-85(89)87-53-47-79(57-93(87)97)101(81-41-23-67(7)95(99)59-81)77-43-33-73(34-44-77)74-35-45-78(46-36-74)102(82-42-24-68(8)96(100)60-82)80-48-54-88-86-16-12-14-18-90(86)98(94(88)58-80,92-56-64(4)20-22-66(92)6)76-39-51-84(52-40-76)104-62-72-31-27-70(10-2)28-32-72/h9-60H,1-2,61-62H2,3-8H3. The molecular weight excluding hydrogens is 1280 g/mol. The van der Waals surface area contributed by atoms with E-state index in [0.717, 1.165) is 123 Å². The fourth-order valence-corrected chi connectivity index (χ4v) is 16.0. The summed E-state index contributed by atoms with van der Waals surface area (Å²) in [4.78, 5) is 4.34. The minimum Gasteiger partial charge on any atom is -0.489 e. The summed E-state index contributed by atoms with van der Waals surface area (Å²) in [6.45, 7) is 21.1. The molecule has 14 aromatic rings. The highest BCUT2D eigenvalue weighted by Gasteiger charge is 2.49. The molecule has 2 atom stereocenters. The molecule has 506 valence electrons. The van der Waals surface area contributed by atoms with Crippen LogP contribution in [0.1, 0.15) is 100 Å². The Morgan fingerprint density at radius 2 is 0.644 bits per heavy atom. The lowest BCUT2D eigenvalue weighted by Crippen LogP contribution is -2.30. The third kappa shape index (κ3) is 11.7. The lowest BCUT2D eigenvalue weighted by atomic mass is 9.66. The van der Waals surface area contributed by atoms with E-state index in [1.54, 1.807) is 26.0 Å². The minimum absolute atomic E-state index is 0.287. The Bertz CT molecular complexity index is 5270. The van der Waals surface area contributed by atoms with Gasteiger partial charge in [0, 0.05) is 34.1 Å².